The molecule has 2 heterocycles. The third kappa shape index (κ3) is 4.18. The first-order chi connectivity index (χ1) is 12.6. The minimum absolute atomic E-state index is 0.157. The topological polar surface area (TPSA) is 85.1 Å². The molecule has 1 aliphatic rings. The van der Waals surface area contributed by atoms with Crippen LogP contribution < -0.4 is 5.32 Å². The number of anilines is 1. The number of aromatic nitrogens is 2. The van der Waals surface area contributed by atoms with Gasteiger partial charge in [-0.25, -0.2) is 0 Å². The Hall–Kier alpha value is -2.49. The maximum Gasteiger partial charge on any atom is 0.167 e. The second-order valence-electron chi connectivity index (χ2n) is 6.88. The summed E-state index contributed by atoms with van der Waals surface area (Å²) in [7, 11) is 0. The zero-order valence-electron chi connectivity index (χ0n) is 15.4. The Bertz CT molecular complexity index is 806. The Morgan fingerprint density at radius 2 is 1.88 bits per heavy atom. The van der Waals surface area contributed by atoms with Crippen LogP contribution in [0.3, 0.4) is 0 Å². The van der Waals surface area contributed by atoms with Crippen molar-refractivity contribution in [2.75, 3.05) is 18.4 Å². The van der Waals surface area contributed by atoms with Crippen molar-refractivity contribution >= 4 is 5.82 Å². The van der Waals surface area contributed by atoms with Crippen LogP contribution in [0.2, 0.25) is 0 Å². The summed E-state index contributed by atoms with van der Waals surface area (Å²) in [6.45, 7) is 7.06. The van der Waals surface area contributed by atoms with Crippen molar-refractivity contribution in [3.63, 3.8) is 0 Å². The molecule has 0 aliphatic carbocycles. The lowest BCUT2D eigenvalue weighted by atomic mass is 10.0. The standard InChI is InChI=1S/C20H25N5O/c1-14-15(2)23-24-20(19(14)11-21)22-12-16-5-3-4-6-17(16)13-25-9-7-18(26)8-10-25/h3-6,18,26H,7-10,12-13H2,1-2H3,(H,22,24). The number of nitrogens with one attached hydrogen (secondary N) is 1. The minimum Gasteiger partial charge on any atom is -0.393 e. The first kappa shape index (κ1) is 18.3. The molecule has 2 aromatic rings. The van der Waals surface area contributed by atoms with E-state index in [9.17, 15) is 10.4 Å². The molecule has 6 nitrogen and oxygen atoms in total. The minimum atomic E-state index is -0.157. The predicted molar refractivity (Wildman–Crippen MR) is 101 cm³/mol. The largest absolute Gasteiger partial charge is 0.393 e. The van der Waals surface area contributed by atoms with Crippen molar-refractivity contribution < 1.29 is 5.11 Å². The molecule has 136 valence electrons. The van der Waals surface area contributed by atoms with E-state index in [4.69, 9.17) is 0 Å². The lowest BCUT2D eigenvalue weighted by Crippen LogP contribution is -2.35. The molecular weight excluding hydrogens is 326 g/mol. The van der Waals surface area contributed by atoms with Gasteiger partial charge in [-0.15, -0.1) is 5.10 Å². The van der Waals surface area contributed by atoms with Crippen molar-refractivity contribution in [2.45, 2.75) is 45.9 Å². The lowest BCUT2D eigenvalue weighted by Gasteiger charge is -2.30. The van der Waals surface area contributed by atoms with E-state index in [1.165, 1.54) is 11.1 Å². The molecule has 1 aromatic heterocycles. The highest BCUT2D eigenvalue weighted by Gasteiger charge is 2.18. The van der Waals surface area contributed by atoms with Gasteiger partial charge in [0.2, 0.25) is 0 Å². The van der Waals surface area contributed by atoms with Gasteiger partial charge in [0.25, 0.3) is 0 Å². The van der Waals surface area contributed by atoms with Gasteiger partial charge in [0.05, 0.1) is 11.8 Å². The van der Waals surface area contributed by atoms with Crippen LogP contribution >= 0.6 is 0 Å². The van der Waals surface area contributed by atoms with Gasteiger partial charge in [0, 0.05) is 26.2 Å². The van der Waals surface area contributed by atoms with Crippen LogP contribution in [-0.2, 0) is 13.1 Å². The van der Waals surface area contributed by atoms with Gasteiger partial charge in [-0.1, -0.05) is 24.3 Å². The smallest absolute Gasteiger partial charge is 0.167 e. The third-order valence-electron chi connectivity index (χ3n) is 5.08. The fourth-order valence-corrected chi connectivity index (χ4v) is 3.25. The number of nitrogens with zero attached hydrogens (tertiary/aromatic N) is 4. The molecule has 2 N–H and O–H groups in total. The monoisotopic (exact) mass is 351 g/mol. The summed E-state index contributed by atoms with van der Waals surface area (Å²) in [5.74, 6) is 0.534. The van der Waals surface area contributed by atoms with E-state index < -0.39 is 0 Å². The first-order valence-corrected chi connectivity index (χ1v) is 9.03. The maximum atomic E-state index is 9.67. The number of aryl methyl sites for hydroxylation is 1. The van der Waals surface area contributed by atoms with Crippen molar-refractivity contribution in [2.24, 2.45) is 0 Å². The molecule has 3 rings (SSSR count). The number of benzene rings is 1. The Morgan fingerprint density at radius 3 is 2.58 bits per heavy atom. The number of rotatable bonds is 5. The average Bonchev–Trinajstić information content (AvgIpc) is 2.65. The Morgan fingerprint density at radius 1 is 1.19 bits per heavy atom. The molecule has 0 unspecified atom stereocenters. The van der Waals surface area contributed by atoms with Crippen molar-refractivity contribution in [3.05, 3.63) is 52.2 Å². The van der Waals surface area contributed by atoms with Gasteiger partial charge in [-0.3, -0.25) is 4.90 Å². The normalized spacial score (nSPS) is 15.6. The first-order valence-electron chi connectivity index (χ1n) is 9.03. The molecule has 1 aromatic carbocycles. The summed E-state index contributed by atoms with van der Waals surface area (Å²) in [5.41, 5.74) is 4.64. The van der Waals surface area contributed by atoms with Crippen LogP contribution in [-0.4, -0.2) is 39.4 Å². The van der Waals surface area contributed by atoms with Gasteiger partial charge >= 0.3 is 0 Å². The van der Waals surface area contributed by atoms with Crippen molar-refractivity contribution in [1.29, 1.82) is 5.26 Å². The zero-order chi connectivity index (χ0) is 18.5. The molecule has 0 bridgehead atoms. The van der Waals surface area contributed by atoms with Crippen LogP contribution in [0.15, 0.2) is 24.3 Å². The lowest BCUT2D eigenvalue weighted by molar-refractivity contribution is 0.0791. The molecule has 0 atom stereocenters. The van der Waals surface area contributed by atoms with E-state index in [1.54, 1.807) is 0 Å². The van der Waals surface area contributed by atoms with E-state index in [0.29, 0.717) is 17.9 Å². The quantitative estimate of drug-likeness (QED) is 0.861. The van der Waals surface area contributed by atoms with E-state index in [0.717, 1.165) is 43.7 Å². The number of likely N-dealkylation sites (tertiary alicyclic amines) is 1. The summed E-state index contributed by atoms with van der Waals surface area (Å²) in [6.07, 6.45) is 1.52. The van der Waals surface area contributed by atoms with E-state index in [1.807, 2.05) is 26.0 Å². The summed E-state index contributed by atoms with van der Waals surface area (Å²) in [5, 5.41) is 30.7. The Kier molecular flexibility index (Phi) is 5.82. The molecule has 1 aliphatic heterocycles. The van der Waals surface area contributed by atoms with Gasteiger partial charge in [-0.2, -0.15) is 10.4 Å². The molecular formula is C20H25N5O. The van der Waals surface area contributed by atoms with Crippen LogP contribution in [0, 0.1) is 25.2 Å². The van der Waals surface area contributed by atoms with Crippen LogP contribution in [0.1, 0.15) is 40.8 Å². The van der Waals surface area contributed by atoms with E-state index in [-0.39, 0.29) is 6.10 Å². The van der Waals surface area contributed by atoms with Crippen LogP contribution in [0.4, 0.5) is 5.82 Å². The van der Waals surface area contributed by atoms with Crippen LogP contribution in [0.5, 0.6) is 0 Å². The summed E-state index contributed by atoms with van der Waals surface area (Å²) in [4.78, 5) is 2.38. The SMILES string of the molecule is Cc1nnc(NCc2ccccc2CN2CCC(O)CC2)c(C#N)c1C. The average molecular weight is 351 g/mol. The van der Waals surface area contributed by atoms with Gasteiger partial charge in [-0.05, 0) is 43.4 Å². The van der Waals surface area contributed by atoms with Gasteiger partial charge < -0.3 is 10.4 Å². The van der Waals surface area contributed by atoms with E-state index in [2.05, 4.69) is 38.6 Å². The van der Waals surface area contributed by atoms with Gasteiger partial charge in [0.1, 0.15) is 11.6 Å². The van der Waals surface area contributed by atoms with Crippen LogP contribution in [0.25, 0.3) is 0 Å². The summed E-state index contributed by atoms with van der Waals surface area (Å²) >= 11 is 0. The third-order valence-corrected chi connectivity index (χ3v) is 5.08. The fraction of sp³-hybridized carbons (Fsp3) is 0.450. The molecule has 0 spiro atoms. The number of aliphatic hydroxyl groups is 1. The number of nitriles is 1. The van der Waals surface area contributed by atoms with Crippen molar-refractivity contribution in [3.8, 4) is 6.07 Å². The number of aliphatic hydroxyl groups excluding tert-OH is 1. The van der Waals surface area contributed by atoms with Crippen molar-refractivity contribution in [1.82, 2.24) is 15.1 Å². The Balaban J connectivity index is 1.71. The van der Waals surface area contributed by atoms with Gasteiger partial charge in [0.15, 0.2) is 5.82 Å². The van der Waals surface area contributed by atoms with E-state index >= 15 is 0 Å². The summed E-state index contributed by atoms with van der Waals surface area (Å²) < 4.78 is 0. The molecule has 26 heavy (non-hydrogen) atoms. The molecule has 0 amide bonds. The number of hydrogen-bond acceptors (Lipinski definition) is 6. The maximum absolute atomic E-state index is 9.67. The number of hydrogen-bond donors (Lipinski definition) is 2. The second-order valence-corrected chi connectivity index (χ2v) is 6.88. The zero-order valence-corrected chi connectivity index (χ0v) is 15.4. The highest BCUT2D eigenvalue weighted by atomic mass is 16.3. The molecule has 0 saturated carbocycles. The highest BCUT2D eigenvalue weighted by Crippen LogP contribution is 2.20. The predicted octanol–water partition coefficient (Wildman–Crippen LogP) is 2.53. The summed E-state index contributed by atoms with van der Waals surface area (Å²) in [6, 6.07) is 10.5. The second kappa shape index (κ2) is 8.26. The molecule has 1 fully saturated rings. The molecule has 1 saturated heterocycles. The molecule has 0 radical (unpaired) electrons. The molecule has 6 heteroatoms. The fourth-order valence-electron chi connectivity index (χ4n) is 3.25. The number of piperidine rings is 1. The Labute approximate surface area is 154 Å². The highest BCUT2D eigenvalue weighted by molar-refractivity contribution is 5.56.